The van der Waals surface area contributed by atoms with Crippen LogP contribution in [-0.2, 0) is 0 Å². The van der Waals surface area contributed by atoms with Crippen molar-refractivity contribution >= 4 is 5.69 Å². The van der Waals surface area contributed by atoms with Gasteiger partial charge in [0.05, 0.1) is 6.04 Å². The number of anilines is 1. The first-order valence-electron chi connectivity index (χ1n) is 4.03. The van der Waals surface area contributed by atoms with E-state index in [2.05, 4.69) is 11.3 Å². The Morgan fingerprint density at radius 1 is 1.46 bits per heavy atom. The predicted molar refractivity (Wildman–Crippen MR) is 54.4 cm³/mol. The Morgan fingerprint density at radius 3 is 2.69 bits per heavy atom. The van der Waals surface area contributed by atoms with E-state index in [-0.39, 0.29) is 6.04 Å². The van der Waals surface area contributed by atoms with E-state index in [1.165, 1.54) is 0 Å². The van der Waals surface area contributed by atoms with Crippen molar-refractivity contribution < 1.29 is 0 Å². The van der Waals surface area contributed by atoms with E-state index < -0.39 is 0 Å². The number of hydrazine groups is 1. The molecule has 68 valence electrons. The summed E-state index contributed by atoms with van der Waals surface area (Å²) < 4.78 is 0. The zero-order valence-corrected chi connectivity index (χ0v) is 7.33. The van der Waals surface area contributed by atoms with Crippen LogP contribution in [-0.4, -0.2) is 0 Å². The number of hydrogen-bond donors (Lipinski definition) is 3. The first-order chi connectivity index (χ1) is 6.29. The fourth-order valence-electron chi connectivity index (χ4n) is 1.20. The summed E-state index contributed by atoms with van der Waals surface area (Å²) in [7, 11) is 0. The SMILES string of the molecule is C#CCC(NN)c1ccccc1N. The smallest absolute Gasteiger partial charge is 0.0589 e. The minimum absolute atomic E-state index is 0.0637. The van der Waals surface area contributed by atoms with Gasteiger partial charge in [0.2, 0.25) is 0 Å². The van der Waals surface area contributed by atoms with Crippen LogP contribution >= 0.6 is 0 Å². The van der Waals surface area contributed by atoms with Gasteiger partial charge in [0.25, 0.3) is 0 Å². The normalized spacial score (nSPS) is 12.0. The molecule has 3 heteroatoms. The third kappa shape index (κ3) is 2.22. The van der Waals surface area contributed by atoms with Crippen LogP contribution in [0, 0.1) is 12.3 Å². The lowest BCUT2D eigenvalue weighted by molar-refractivity contribution is 0.570. The third-order valence-electron chi connectivity index (χ3n) is 1.89. The van der Waals surface area contributed by atoms with Crippen molar-refractivity contribution in [3.63, 3.8) is 0 Å². The number of nitrogen functional groups attached to an aromatic ring is 1. The molecule has 0 radical (unpaired) electrons. The molecule has 0 aliphatic rings. The van der Waals surface area contributed by atoms with Crippen LogP contribution in [0.25, 0.3) is 0 Å². The average Bonchev–Trinajstić information content (AvgIpc) is 2.16. The molecule has 0 heterocycles. The van der Waals surface area contributed by atoms with Crippen molar-refractivity contribution in [1.29, 1.82) is 0 Å². The van der Waals surface area contributed by atoms with E-state index in [1.807, 2.05) is 24.3 Å². The molecular weight excluding hydrogens is 162 g/mol. The topological polar surface area (TPSA) is 64.1 Å². The predicted octanol–water partition coefficient (Wildman–Crippen LogP) is 0.796. The maximum atomic E-state index is 5.76. The Hall–Kier alpha value is -1.50. The van der Waals surface area contributed by atoms with Gasteiger partial charge in [-0.1, -0.05) is 18.2 Å². The molecule has 1 aromatic rings. The number of rotatable bonds is 3. The molecule has 0 aliphatic heterocycles. The maximum absolute atomic E-state index is 5.76. The van der Waals surface area contributed by atoms with Crippen molar-refractivity contribution in [2.24, 2.45) is 5.84 Å². The molecule has 3 nitrogen and oxygen atoms in total. The van der Waals surface area contributed by atoms with Crippen molar-refractivity contribution in [3.05, 3.63) is 29.8 Å². The highest BCUT2D eigenvalue weighted by Gasteiger charge is 2.09. The van der Waals surface area contributed by atoms with Crippen LogP contribution in [0.2, 0.25) is 0 Å². The van der Waals surface area contributed by atoms with Gasteiger partial charge < -0.3 is 5.73 Å². The highest BCUT2D eigenvalue weighted by molar-refractivity contribution is 5.48. The highest BCUT2D eigenvalue weighted by atomic mass is 15.2. The highest BCUT2D eigenvalue weighted by Crippen LogP contribution is 2.21. The lowest BCUT2D eigenvalue weighted by atomic mass is 10.0. The molecule has 1 rings (SSSR count). The van der Waals surface area contributed by atoms with Gasteiger partial charge in [0.15, 0.2) is 0 Å². The van der Waals surface area contributed by atoms with Crippen molar-refractivity contribution in [2.75, 3.05) is 5.73 Å². The summed E-state index contributed by atoms with van der Waals surface area (Å²) in [6.07, 6.45) is 5.74. The molecule has 0 saturated heterocycles. The summed E-state index contributed by atoms with van der Waals surface area (Å²) in [6.45, 7) is 0. The molecule has 0 saturated carbocycles. The molecule has 1 unspecified atom stereocenters. The second kappa shape index (κ2) is 4.51. The summed E-state index contributed by atoms with van der Waals surface area (Å²) in [5, 5.41) is 0. The number of para-hydroxylation sites is 1. The van der Waals surface area contributed by atoms with Gasteiger partial charge in [-0.3, -0.25) is 11.3 Å². The molecule has 1 atom stereocenters. The van der Waals surface area contributed by atoms with Gasteiger partial charge in [0.1, 0.15) is 0 Å². The second-order valence-electron chi connectivity index (χ2n) is 2.76. The number of terminal acetylenes is 1. The van der Waals surface area contributed by atoms with E-state index in [4.69, 9.17) is 18.0 Å². The summed E-state index contributed by atoms with van der Waals surface area (Å²) in [4.78, 5) is 0. The van der Waals surface area contributed by atoms with Crippen molar-refractivity contribution in [1.82, 2.24) is 5.43 Å². The lowest BCUT2D eigenvalue weighted by Crippen LogP contribution is -2.28. The standard InChI is InChI=1S/C10H13N3/c1-2-5-10(13-12)8-6-3-4-7-9(8)11/h1,3-4,6-7,10,13H,5,11-12H2. The molecule has 0 aromatic heterocycles. The van der Waals surface area contributed by atoms with Crippen molar-refractivity contribution in [2.45, 2.75) is 12.5 Å². The molecule has 5 N–H and O–H groups in total. The summed E-state index contributed by atoms with van der Waals surface area (Å²) >= 11 is 0. The maximum Gasteiger partial charge on any atom is 0.0589 e. The van der Waals surface area contributed by atoms with Crippen LogP contribution < -0.4 is 17.0 Å². The van der Waals surface area contributed by atoms with E-state index >= 15 is 0 Å². The summed E-state index contributed by atoms with van der Waals surface area (Å²) in [5.41, 5.74) is 10.1. The lowest BCUT2D eigenvalue weighted by Gasteiger charge is -2.15. The quantitative estimate of drug-likeness (QED) is 0.275. The Bertz CT molecular complexity index is 314. The average molecular weight is 175 g/mol. The van der Waals surface area contributed by atoms with Gasteiger partial charge in [-0.15, -0.1) is 12.3 Å². The Morgan fingerprint density at radius 2 is 2.15 bits per heavy atom. The molecule has 13 heavy (non-hydrogen) atoms. The number of nitrogens with one attached hydrogen (secondary N) is 1. The fourth-order valence-corrected chi connectivity index (χ4v) is 1.20. The minimum atomic E-state index is -0.0637. The molecular formula is C10H13N3. The Labute approximate surface area is 78.1 Å². The molecule has 0 aliphatic carbocycles. The molecule has 0 fully saturated rings. The molecule has 0 bridgehead atoms. The van der Waals surface area contributed by atoms with Gasteiger partial charge in [0, 0.05) is 12.1 Å². The minimum Gasteiger partial charge on any atom is -0.398 e. The van der Waals surface area contributed by atoms with E-state index in [0.717, 1.165) is 5.56 Å². The fraction of sp³-hybridized carbons (Fsp3) is 0.200. The second-order valence-corrected chi connectivity index (χ2v) is 2.76. The van der Waals surface area contributed by atoms with Gasteiger partial charge in [-0.05, 0) is 11.6 Å². The third-order valence-corrected chi connectivity index (χ3v) is 1.89. The molecule has 1 aromatic carbocycles. The van der Waals surface area contributed by atoms with Crippen LogP contribution in [0.3, 0.4) is 0 Å². The summed E-state index contributed by atoms with van der Waals surface area (Å²) in [5.74, 6) is 7.91. The number of benzene rings is 1. The van der Waals surface area contributed by atoms with Crippen molar-refractivity contribution in [3.8, 4) is 12.3 Å². The largest absolute Gasteiger partial charge is 0.398 e. The zero-order valence-electron chi connectivity index (χ0n) is 7.33. The van der Waals surface area contributed by atoms with Gasteiger partial charge in [-0.2, -0.15) is 0 Å². The van der Waals surface area contributed by atoms with Gasteiger partial charge in [-0.25, -0.2) is 0 Å². The van der Waals surface area contributed by atoms with Crippen LogP contribution in [0.5, 0.6) is 0 Å². The molecule has 0 spiro atoms. The number of nitrogens with two attached hydrogens (primary N) is 2. The van der Waals surface area contributed by atoms with E-state index in [1.54, 1.807) is 0 Å². The summed E-state index contributed by atoms with van der Waals surface area (Å²) in [6, 6.07) is 7.47. The van der Waals surface area contributed by atoms with Gasteiger partial charge >= 0.3 is 0 Å². The van der Waals surface area contributed by atoms with E-state index in [0.29, 0.717) is 12.1 Å². The van der Waals surface area contributed by atoms with E-state index in [9.17, 15) is 0 Å². The van der Waals surface area contributed by atoms with Crippen LogP contribution in [0.4, 0.5) is 5.69 Å². The van der Waals surface area contributed by atoms with Crippen LogP contribution in [0.1, 0.15) is 18.0 Å². The molecule has 0 amide bonds. The zero-order chi connectivity index (χ0) is 9.68. The Balaban J connectivity index is 2.92. The first-order valence-corrected chi connectivity index (χ1v) is 4.03. The number of hydrogen-bond acceptors (Lipinski definition) is 3. The Kier molecular flexibility index (Phi) is 3.32. The first kappa shape index (κ1) is 9.59. The monoisotopic (exact) mass is 175 g/mol. The van der Waals surface area contributed by atoms with Crippen LogP contribution in [0.15, 0.2) is 24.3 Å².